The highest BCUT2D eigenvalue weighted by atomic mass is 15.1. The van der Waals surface area contributed by atoms with Gasteiger partial charge in [-0.25, -0.2) is 0 Å². The number of hydrogen-bond acceptors (Lipinski definition) is 3. The van der Waals surface area contributed by atoms with Crippen molar-refractivity contribution in [2.75, 3.05) is 13.1 Å². The Kier molecular flexibility index (Phi) is 8.58. The molecule has 0 saturated carbocycles. The molecule has 3 heteroatoms. The number of likely N-dealkylation sites (N-methyl/N-ethyl adjacent to an activating group) is 1. The third-order valence-corrected chi connectivity index (χ3v) is 2.63. The van der Waals surface area contributed by atoms with E-state index in [2.05, 4.69) is 31.9 Å². The largest absolute Gasteiger partial charge is 0.372 e. The molecule has 0 aromatic carbocycles. The van der Waals surface area contributed by atoms with Crippen molar-refractivity contribution in [2.24, 2.45) is 0 Å². The van der Waals surface area contributed by atoms with Crippen LogP contribution in [0.2, 0.25) is 0 Å². The second-order valence-corrected chi connectivity index (χ2v) is 4.11. The van der Waals surface area contributed by atoms with Gasteiger partial charge in [-0.05, 0) is 31.1 Å². The Labute approximate surface area is 116 Å². The molecule has 0 N–H and O–H groups in total. The SMILES string of the molecule is C=C(C=C(C#N)C#N)/C=C\C(=C)N(CC)CCCC. The highest BCUT2D eigenvalue weighted by Gasteiger charge is 2.01. The quantitative estimate of drug-likeness (QED) is 0.491. The number of rotatable bonds is 8. The van der Waals surface area contributed by atoms with Crippen LogP contribution in [0.1, 0.15) is 26.7 Å². The van der Waals surface area contributed by atoms with E-state index in [1.807, 2.05) is 6.08 Å². The van der Waals surface area contributed by atoms with Crippen molar-refractivity contribution in [3.8, 4) is 12.1 Å². The van der Waals surface area contributed by atoms with Gasteiger partial charge in [0, 0.05) is 18.8 Å². The van der Waals surface area contributed by atoms with Gasteiger partial charge >= 0.3 is 0 Å². The van der Waals surface area contributed by atoms with Gasteiger partial charge < -0.3 is 4.90 Å². The summed E-state index contributed by atoms with van der Waals surface area (Å²) in [7, 11) is 0. The first kappa shape index (κ1) is 16.7. The summed E-state index contributed by atoms with van der Waals surface area (Å²) in [5, 5.41) is 17.3. The number of unbranched alkanes of at least 4 members (excludes halogenated alkanes) is 1. The van der Waals surface area contributed by atoms with Crippen LogP contribution in [0.3, 0.4) is 0 Å². The fraction of sp³-hybridized carbons (Fsp3) is 0.375. The highest BCUT2D eigenvalue weighted by Crippen LogP contribution is 2.08. The van der Waals surface area contributed by atoms with Crippen LogP contribution >= 0.6 is 0 Å². The lowest BCUT2D eigenvalue weighted by Gasteiger charge is -2.22. The molecule has 0 bridgehead atoms. The molecule has 0 saturated heterocycles. The molecule has 0 amide bonds. The van der Waals surface area contributed by atoms with Gasteiger partial charge in [-0.3, -0.25) is 0 Å². The van der Waals surface area contributed by atoms with E-state index in [-0.39, 0.29) is 5.57 Å². The van der Waals surface area contributed by atoms with Gasteiger partial charge in [-0.2, -0.15) is 10.5 Å². The first-order valence-electron chi connectivity index (χ1n) is 6.41. The topological polar surface area (TPSA) is 50.8 Å². The molecule has 0 unspecified atom stereocenters. The van der Waals surface area contributed by atoms with Crippen molar-refractivity contribution in [1.29, 1.82) is 10.5 Å². The molecule has 0 fully saturated rings. The molecule has 0 spiro atoms. The molecule has 0 rings (SSSR count). The van der Waals surface area contributed by atoms with Crippen LogP contribution in [0.25, 0.3) is 0 Å². The second-order valence-electron chi connectivity index (χ2n) is 4.11. The summed E-state index contributed by atoms with van der Waals surface area (Å²) < 4.78 is 0. The minimum Gasteiger partial charge on any atom is -0.372 e. The highest BCUT2D eigenvalue weighted by molar-refractivity contribution is 5.44. The Hall–Kier alpha value is -2.26. The molecule has 0 atom stereocenters. The predicted octanol–water partition coefficient (Wildman–Crippen LogP) is 3.71. The maximum absolute atomic E-state index is 8.64. The average Bonchev–Trinajstić information content (AvgIpc) is 2.43. The molecule has 0 heterocycles. The minimum absolute atomic E-state index is 0.0543. The lowest BCUT2D eigenvalue weighted by molar-refractivity contribution is 0.366. The van der Waals surface area contributed by atoms with Crippen LogP contribution in [0, 0.1) is 22.7 Å². The molecular weight excluding hydrogens is 234 g/mol. The maximum Gasteiger partial charge on any atom is 0.130 e. The summed E-state index contributed by atoms with van der Waals surface area (Å²) in [5.74, 6) is 0. The van der Waals surface area contributed by atoms with E-state index in [1.54, 1.807) is 18.2 Å². The smallest absolute Gasteiger partial charge is 0.130 e. The van der Waals surface area contributed by atoms with Crippen LogP contribution in [-0.2, 0) is 0 Å². The van der Waals surface area contributed by atoms with Crippen LogP contribution in [-0.4, -0.2) is 18.0 Å². The molecule has 0 aliphatic heterocycles. The zero-order chi connectivity index (χ0) is 14.7. The zero-order valence-electron chi connectivity index (χ0n) is 11.8. The van der Waals surface area contributed by atoms with E-state index in [0.29, 0.717) is 5.57 Å². The summed E-state index contributed by atoms with van der Waals surface area (Å²) in [6.07, 6.45) is 7.38. The van der Waals surface area contributed by atoms with Crippen molar-refractivity contribution in [2.45, 2.75) is 26.7 Å². The first-order valence-corrected chi connectivity index (χ1v) is 6.41. The lowest BCUT2D eigenvalue weighted by atomic mass is 10.2. The molecule has 3 nitrogen and oxygen atoms in total. The Balaban J connectivity index is 4.59. The van der Waals surface area contributed by atoms with Gasteiger partial charge in [0.25, 0.3) is 0 Å². The normalized spacial score (nSPS) is 9.47. The molecule has 0 aliphatic carbocycles. The van der Waals surface area contributed by atoms with Gasteiger partial charge in [0.1, 0.15) is 17.7 Å². The van der Waals surface area contributed by atoms with Crippen LogP contribution in [0.15, 0.2) is 48.2 Å². The Bertz CT molecular complexity index is 439. The van der Waals surface area contributed by atoms with E-state index in [0.717, 1.165) is 31.6 Å². The molecule has 19 heavy (non-hydrogen) atoms. The second kappa shape index (κ2) is 9.74. The van der Waals surface area contributed by atoms with Gasteiger partial charge in [0.2, 0.25) is 0 Å². The standard InChI is InChI=1S/C16H21N3/c1-5-7-10-19(6-2)15(4)9-8-14(3)11-16(12-17)13-18/h8-9,11H,3-7,10H2,1-2H3/b9-8-. The van der Waals surface area contributed by atoms with Crippen molar-refractivity contribution in [3.63, 3.8) is 0 Å². The van der Waals surface area contributed by atoms with Gasteiger partial charge in [-0.15, -0.1) is 0 Å². The summed E-state index contributed by atoms with van der Waals surface area (Å²) in [6, 6.07) is 3.61. The van der Waals surface area contributed by atoms with E-state index in [9.17, 15) is 0 Å². The monoisotopic (exact) mass is 255 g/mol. The number of hydrogen-bond donors (Lipinski definition) is 0. The van der Waals surface area contributed by atoms with E-state index in [1.165, 1.54) is 6.08 Å². The molecule has 0 radical (unpaired) electrons. The number of nitrogens with zero attached hydrogens (tertiary/aromatic N) is 3. The minimum atomic E-state index is 0.0543. The van der Waals surface area contributed by atoms with Crippen LogP contribution < -0.4 is 0 Å². The average molecular weight is 255 g/mol. The molecule has 100 valence electrons. The fourth-order valence-corrected chi connectivity index (χ4v) is 1.49. The summed E-state index contributed by atoms with van der Waals surface area (Å²) in [5.41, 5.74) is 1.59. The third kappa shape index (κ3) is 6.91. The number of allylic oxidation sites excluding steroid dienone is 5. The first-order chi connectivity index (χ1) is 9.08. The van der Waals surface area contributed by atoms with Crippen molar-refractivity contribution in [1.82, 2.24) is 4.90 Å². The molecule has 0 aromatic heterocycles. The summed E-state index contributed by atoms with van der Waals surface area (Å²) in [4.78, 5) is 2.19. The Morgan fingerprint density at radius 3 is 2.26 bits per heavy atom. The van der Waals surface area contributed by atoms with Crippen molar-refractivity contribution < 1.29 is 0 Å². The molecule has 0 aromatic rings. The maximum atomic E-state index is 8.64. The van der Waals surface area contributed by atoms with E-state index >= 15 is 0 Å². The van der Waals surface area contributed by atoms with Crippen molar-refractivity contribution in [3.05, 3.63) is 48.2 Å². The lowest BCUT2D eigenvalue weighted by Crippen LogP contribution is -2.22. The van der Waals surface area contributed by atoms with Crippen LogP contribution in [0.4, 0.5) is 0 Å². The Morgan fingerprint density at radius 2 is 1.79 bits per heavy atom. The van der Waals surface area contributed by atoms with Gasteiger partial charge in [-0.1, -0.05) is 32.6 Å². The van der Waals surface area contributed by atoms with E-state index < -0.39 is 0 Å². The van der Waals surface area contributed by atoms with Crippen molar-refractivity contribution >= 4 is 0 Å². The number of nitriles is 2. The van der Waals surface area contributed by atoms with Gasteiger partial charge in [0.05, 0.1) is 0 Å². The Morgan fingerprint density at radius 1 is 1.16 bits per heavy atom. The zero-order valence-corrected chi connectivity index (χ0v) is 11.8. The third-order valence-electron chi connectivity index (χ3n) is 2.63. The fourth-order valence-electron chi connectivity index (χ4n) is 1.49. The summed E-state index contributed by atoms with van der Waals surface area (Å²) >= 11 is 0. The predicted molar refractivity (Wildman–Crippen MR) is 78.9 cm³/mol. The molecule has 0 aliphatic rings. The van der Waals surface area contributed by atoms with Crippen LogP contribution in [0.5, 0.6) is 0 Å². The summed E-state index contributed by atoms with van der Waals surface area (Å²) in [6.45, 7) is 13.9. The van der Waals surface area contributed by atoms with Gasteiger partial charge in [0.15, 0.2) is 0 Å². The van der Waals surface area contributed by atoms with E-state index in [4.69, 9.17) is 10.5 Å². The molecular formula is C16H21N3.